The molecule has 0 aromatic heterocycles. The molecule has 0 bridgehead atoms. The quantitative estimate of drug-likeness (QED) is 0.793. The molecule has 0 saturated heterocycles. The predicted molar refractivity (Wildman–Crippen MR) is 73.2 cm³/mol. The number of ether oxygens (including phenoxy) is 1. The van der Waals surface area contributed by atoms with Crippen molar-refractivity contribution in [3.8, 4) is 0 Å². The average Bonchev–Trinajstić information content (AvgIpc) is 2.57. The summed E-state index contributed by atoms with van der Waals surface area (Å²) in [5.74, 6) is -0.518. The van der Waals surface area contributed by atoms with Gasteiger partial charge in [0.1, 0.15) is 11.1 Å². The summed E-state index contributed by atoms with van der Waals surface area (Å²) < 4.78 is 5.35. The SMILES string of the molecule is CC(C)(C)OC(=O)N1C=CC[C@@]1(C(N)=O)C(C)(C)C. The standard InChI is InChI=1S/C14H24N2O3/c1-12(2,3)14(10(15)17)8-7-9-16(14)11(18)19-13(4,5)6/h7,9H,8H2,1-6H3,(H2,15,17)/t14-/m1/s1. The Morgan fingerprint density at radius 3 is 2.11 bits per heavy atom. The average molecular weight is 268 g/mol. The first-order chi connectivity index (χ1) is 8.42. The fraction of sp³-hybridized carbons (Fsp3) is 0.714. The number of nitrogens with zero attached hydrogens (tertiary/aromatic N) is 1. The van der Waals surface area contributed by atoms with Gasteiger partial charge >= 0.3 is 6.09 Å². The second kappa shape index (κ2) is 4.54. The fourth-order valence-corrected chi connectivity index (χ4v) is 2.34. The molecule has 0 aromatic carbocycles. The van der Waals surface area contributed by atoms with Crippen molar-refractivity contribution >= 4 is 12.0 Å². The molecule has 1 atom stereocenters. The summed E-state index contributed by atoms with van der Waals surface area (Å²) in [6.45, 7) is 11.0. The largest absolute Gasteiger partial charge is 0.443 e. The van der Waals surface area contributed by atoms with Gasteiger partial charge in [-0.05, 0) is 26.2 Å². The van der Waals surface area contributed by atoms with Crippen LogP contribution in [0.15, 0.2) is 12.3 Å². The minimum atomic E-state index is -1.07. The third-order valence-electron chi connectivity index (χ3n) is 3.32. The molecule has 1 rings (SSSR count). The van der Waals surface area contributed by atoms with Crippen LogP contribution >= 0.6 is 0 Å². The highest BCUT2D eigenvalue weighted by molar-refractivity contribution is 5.91. The maximum atomic E-state index is 12.3. The molecule has 1 aliphatic heterocycles. The van der Waals surface area contributed by atoms with Crippen LogP contribution in [-0.2, 0) is 9.53 Å². The maximum absolute atomic E-state index is 12.3. The first kappa shape index (κ1) is 15.5. The Bertz CT molecular complexity index is 415. The van der Waals surface area contributed by atoms with Gasteiger partial charge in [-0.3, -0.25) is 9.69 Å². The van der Waals surface area contributed by atoms with Crippen LogP contribution in [0.2, 0.25) is 0 Å². The lowest BCUT2D eigenvalue weighted by Crippen LogP contribution is -2.63. The number of amides is 2. The molecular formula is C14H24N2O3. The highest BCUT2D eigenvalue weighted by Crippen LogP contribution is 2.43. The molecule has 0 fully saturated rings. The first-order valence-electron chi connectivity index (χ1n) is 6.41. The maximum Gasteiger partial charge on any atom is 0.415 e. The number of carbonyl (C=O) groups excluding carboxylic acids is 2. The molecule has 108 valence electrons. The topological polar surface area (TPSA) is 72.6 Å². The van der Waals surface area contributed by atoms with E-state index in [1.807, 2.05) is 20.8 Å². The molecule has 0 saturated carbocycles. The Hall–Kier alpha value is -1.52. The second-order valence-electron chi connectivity index (χ2n) is 6.91. The van der Waals surface area contributed by atoms with Crippen LogP contribution in [0.5, 0.6) is 0 Å². The molecule has 0 aliphatic carbocycles. The van der Waals surface area contributed by atoms with Gasteiger partial charge in [0.2, 0.25) is 5.91 Å². The Morgan fingerprint density at radius 1 is 1.21 bits per heavy atom. The highest BCUT2D eigenvalue weighted by atomic mass is 16.6. The number of hydrogen-bond donors (Lipinski definition) is 1. The summed E-state index contributed by atoms with van der Waals surface area (Å²) in [6, 6.07) is 0. The van der Waals surface area contributed by atoms with Crippen molar-refractivity contribution in [2.24, 2.45) is 11.1 Å². The highest BCUT2D eigenvalue weighted by Gasteiger charge is 2.55. The van der Waals surface area contributed by atoms with Crippen molar-refractivity contribution in [1.29, 1.82) is 0 Å². The predicted octanol–water partition coefficient (Wildman–Crippen LogP) is 2.41. The van der Waals surface area contributed by atoms with Crippen LogP contribution in [0.4, 0.5) is 4.79 Å². The van der Waals surface area contributed by atoms with Crippen molar-refractivity contribution in [3.63, 3.8) is 0 Å². The van der Waals surface area contributed by atoms with E-state index in [2.05, 4.69) is 0 Å². The summed E-state index contributed by atoms with van der Waals surface area (Å²) in [5, 5.41) is 0. The van der Waals surface area contributed by atoms with Crippen LogP contribution in [0, 0.1) is 5.41 Å². The number of rotatable bonds is 1. The Morgan fingerprint density at radius 2 is 1.74 bits per heavy atom. The number of nitrogens with two attached hydrogens (primary N) is 1. The van der Waals surface area contributed by atoms with Crippen molar-refractivity contribution in [3.05, 3.63) is 12.3 Å². The molecule has 0 aromatic rings. The molecule has 19 heavy (non-hydrogen) atoms. The van der Waals surface area contributed by atoms with E-state index in [-0.39, 0.29) is 0 Å². The van der Waals surface area contributed by atoms with Crippen molar-refractivity contribution in [2.45, 2.75) is 59.1 Å². The summed E-state index contributed by atoms with van der Waals surface area (Å²) in [5.41, 5.74) is 3.41. The normalized spacial score (nSPS) is 23.6. The number of hydrogen-bond acceptors (Lipinski definition) is 3. The van der Waals surface area contributed by atoms with E-state index in [0.29, 0.717) is 6.42 Å². The van der Waals surface area contributed by atoms with Gasteiger partial charge in [-0.1, -0.05) is 26.8 Å². The van der Waals surface area contributed by atoms with Gasteiger partial charge in [-0.25, -0.2) is 4.79 Å². The van der Waals surface area contributed by atoms with Gasteiger partial charge in [0.15, 0.2) is 0 Å². The van der Waals surface area contributed by atoms with Gasteiger partial charge in [-0.2, -0.15) is 0 Å². The zero-order valence-corrected chi connectivity index (χ0v) is 12.6. The third kappa shape index (κ3) is 2.74. The van der Waals surface area contributed by atoms with E-state index in [1.54, 1.807) is 33.0 Å². The van der Waals surface area contributed by atoms with E-state index in [1.165, 1.54) is 4.90 Å². The summed E-state index contributed by atoms with van der Waals surface area (Å²) in [7, 11) is 0. The van der Waals surface area contributed by atoms with Gasteiger partial charge in [0.25, 0.3) is 0 Å². The van der Waals surface area contributed by atoms with E-state index >= 15 is 0 Å². The molecule has 1 aliphatic rings. The molecule has 0 unspecified atom stereocenters. The number of carbonyl (C=O) groups is 2. The van der Waals surface area contributed by atoms with Crippen LogP contribution in [0.1, 0.15) is 48.0 Å². The Balaban J connectivity index is 3.15. The number of primary amides is 1. The van der Waals surface area contributed by atoms with Crippen LogP contribution < -0.4 is 5.73 Å². The van der Waals surface area contributed by atoms with E-state index in [4.69, 9.17) is 10.5 Å². The second-order valence-corrected chi connectivity index (χ2v) is 6.91. The molecule has 1 heterocycles. The molecule has 2 N–H and O–H groups in total. The Kier molecular flexibility index (Phi) is 3.72. The van der Waals surface area contributed by atoms with E-state index < -0.39 is 28.6 Å². The van der Waals surface area contributed by atoms with Crippen LogP contribution in [0.25, 0.3) is 0 Å². The molecule has 2 amide bonds. The van der Waals surface area contributed by atoms with Gasteiger partial charge < -0.3 is 10.5 Å². The van der Waals surface area contributed by atoms with Crippen LogP contribution in [-0.4, -0.2) is 28.0 Å². The molecular weight excluding hydrogens is 244 g/mol. The molecule has 0 radical (unpaired) electrons. The van der Waals surface area contributed by atoms with Gasteiger partial charge in [0, 0.05) is 12.6 Å². The minimum absolute atomic E-state index is 0.408. The zero-order valence-electron chi connectivity index (χ0n) is 12.6. The summed E-state index contributed by atoms with van der Waals surface area (Å²) >= 11 is 0. The van der Waals surface area contributed by atoms with Crippen molar-refractivity contribution in [1.82, 2.24) is 4.90 Å². The summed E-state index contributed by atoms with van der Waals surface area (Å²) in [4.78, 5) is 25.6. The third-order valence-corrected chi connectivity index (χ3v) is 3.32. The monoisotopic (exact) mass is 268 g/mol. The zero-order chi connectivity index (χ0) is 15.1. The molecule has 5 heteroatoms. The Labute approximate surface area is 114 Å². The van der Waals surface area contributed by atoms with Crippen molar-refractivity contribution < 1.29 is 14.3 Å². The summed E-state index contributed by atoms with van der Waals surface area (Å²) in [6.07, 6.45) is 3.23. The first-order valence-corrected chi connectivity index (χ1v) is 6.41. The molecule has 0 spiro atoms. The van der Waals surface area contributed by atoms with Crippen molar-refractivity contribution in [2.75, 3.05) is 0 Å². The van der Waals surface area contributed by atoms with E-state index in [9.17, 15) is 9.59 Å². The smallest absolute Gasteiger partial charge is 0.415 e. The minimum Gasteiger partial charge on any atom is -0.443 e. The lowest BCUT2D eigenvalue weighted by molar-refractivity contribution is -0.134. The molecule has 5 nitrogen and oxygen atoms in total. The lowest BCUT2D eigenvalue weighted by atomic mass is 9.71. The fourth-order valence-electron chi connectivity index (χ4n) is 2.34. The van der Waals surface area contributed by atoms with Crippen LogP contribution in [0.3, 0.4) is 0 Å². The van der Waals surface area contributed by atoms with Gasteiger partial charge in [0.05, 0.1) is 0 Å². The van der Waals surface area contributed by atoms with E-state index in [0.717, 1.165) is 0 Å². The lowest BCUT2D eigenvalue weighted by Gasteiger charge is -2.45. The van der Waals surface area contributed by atoms with Gasteiger partial charge in [-0.15, -0.1) is 0 Å².